The van der Waals surface area contributed by atoms with Gasteiger partial charge in [0, 0.05) is 23.9 Å². The summed E-state index contributed by atoms with van der Waals surface area (Å²) in [5.74, 6) is -1.24. The Kier molecular flexibility index (Phi) is 8.71. The maximum Gasteiger partial charge on any atom is 0.414 e. The fraction of sp³-hybridized carbons (Fsp3) is 0.522. The zero-order chi connectivity index (χ0) is 25.9. The van der Waals surface area contributed by atoms with E-state index >= 15 is 0 Å². The van der Waals surface area contributed by atoms with Crippen molar-refractivity contribution >= 4 is 67.2 Å². The van der Waals surface area contributed by atoms with Gasteiger partial charge < -0.3 is 10.1 Å². The second-order valence-electron chi connectivity index (χ2n) is 8.67. The molecule has 0 spiro atoms. The first-order chi connectivity index (χ1) is 17.2. The van der Waals surface area contributed by atoms with Crippen molar-refractivity contribution in [3.05, 3.63) is 32.5 Å². The number of piperidine rings is 1. The van der Waals surface area contributed by atoms with Crippen LogP contribution in [-0.2, 0) is 32.4 Å². The Morgan fingerprint density at radius 2 is 1.83 bits per heavy atom. The summed E-state index contributed by atoms with van der Waals surface area (Å²) in [5, 5.41) is 5.60. The van der Waals surface area contributed by atoms with E-state index in [-0.39, 0.29) is 29.8 Å². The lowest BCUT2D eigenvalue weighted by molar-refractivity contribution is -0.120. The first kappa shape index (κ1) is 27.1. The van der Waals surface area contributed by atoms with Crippen molar-refractivity contribution in [1.82, 2.24) is 9.62 Å². The number of nitrogens with one attached hydrogen (secondary N) is 2. The number of anilines is 1. The van der Waals surface area contributed by atoms with Gasteiger partial charge in [-0.05, 0) is 63.1 Å². The largest absolute Gasteiger partial charge is 0.450 e. The summed E-state index contributed by atoms with van der Waals surface area (Å²) < 4.78 is 32.5. The van der Waals surface area contributed by atoms with Gasteiger partial charge in [-0.15, -0.1) is 22.7 Å². The SMILES string of the molecule is CCOC(=O)NC(=O)c1c(NC(=O)C2CCN(S(=O)(=O)c3ccc(Cl)s3)CC2)sc2c1CCCCC2. The van der Waals surface area contributed by atoms with Gasteiger partial charge in [0.25, 0.3) is 15.9 Å². The standard InChI is InChI=1S/C23H28ClN3O6S3/c1-2-33-23(30)26-21(29)19-15-6-4-3-5-7-16(15)34-22(19)25-20(28)14-10-12-27(13-11-14)36(31,32)18-9-8-17(24)35-18/h8-9,14H,2-7,10-13H2,1H3,(H,25,28)(H,26,29,30). The van der Waals surface area contributed by atoms with Crippen molar-refractivity contribution in [2.45, 2.75) is 56.1 Å². The molecule has 1 fully saturated rings. The minimum Gasteiger partial charge on any atom is -0.450 e. The van der Waals surface area contributed by atoms with Gasteiger partial charge in [0.1, 0.15) is 9.21 Å². The maximum atomic E-state index is 13.2. The van der Waals surface area contributed by atoms with E-state index in [0.717, 1.165) is 47.5 Å². The number of hydrogen-bond donors (Lipinski definition) is 2. The second kappa shape index (κ2) is 11.6. The molecule has 196 valence electrons. The number of carbonyl (C=O) groups excluding carboxylic acids is 3. The number of hydrogen-bond acceptors (Lipinski definition) is 8. The first-order valence-electron chi connectivity index (χ1n) is 11.9. The number of ether oxygens (including phenoxy) is 1. The van der Waals surface area contributed by atoms with Gasteiger partial charge in [-0.2, -0.15) is 4.31 Å². The number of sulfonamides is 1. The topological polar surface area (TPSA) is 122 Å². The van der Waals surface area contributed by atoms with Crippen LogP contribution in [0.15, 0.2) is 16.3 Å². The number of alkyl carbamates (subject to hydrolysis) is 1. The monoisotopic (exact) mass is 573 g/mol. The smallest absolute Gasteiger partial charge is 0.414 e. The summed E-state index contributed by atoms with van der Waals surface area (Å²) in [4.78, 5) is 39.1. The van der Waals surface area contributed by atoms with E-state index in [1.165, 1.54) is 21.7 Å². The van der Waals surface area contributed by atoms with E-state index in [4.69, 9.17) is 16.3 Å². The highest BCUT2D eigenvalue weighted by Gasteiger charge is 2.34. The number of thiophene rings is 2. The Hall–Kier alpha value is -1.99. The molecular formula is C23H28ClN3O6S3. The molecule has 2 aromatic heterocycles. The maximum absolute atomic E-state index is 13.2. The summed E-state index contributed by atoms with van der Waals surface area (Å²) in [5.41, 5.74) is 1.21. The number of aryl methyl sites for hydroxylation is 1. The van der Waals surface area contributed by atoms with Crippen molar-refractivity contribution in [3.8, 4) is 0 Å². The van der Waals surface area contributed by atoms with Gasteiger partial charge in [-0.25, -0.2) is 13.2 Å². The fourth-order valence-electron chi connectivity index (χ4n) is 4.53. The molecule has 36 heavy (non-hydrogen) atoms. The number of amides is 3. The van der Waals surface area contributed by atoms with Crippen LogP contribution in [0.3, 0.4) is 0 Å². The average molecular weight is 574 g/mol. The van der Waals surface area contributed by atoms with E-state index in [2.05, 4.69) is 10.6 Å². The molecule has 0 aromatic carbocycles. The summed E-state index contributed by atoms with van der Waals surface area (Å²) in [6.45, 7) is 2.22. The molecule has 1 saturated heterocycles. The van der Waals surface area contributed by atoms with E-state index in [1.54, 1.807) is 13.0 Å². The third kappa shape index (κ3) is 5.94. The molecule has 0 atom stereocenters. The highest BCUT2D eigenvalue weighted by atomic mass is 35.5. The van der Waals surface area contributed by atoms with Crippen molar-refractivity contribution in [3.63, 3.8) is 0 Å². The third-order valence-electron chi connectivity index (χ3n) is 6.34. The Morgan fingerprint density at radius 3 is 2.50 bits per heavy atom. The molecular weight excluding hydrogens is 546 g/mol. The number of rotatable bonds is 6. The van der Waals surface area contributed by atoms with Gasteiger partial charge in [0.05, 0.1) is 16.5 Å². The van der Waals surface area contributed by atoms with Crippen LogP contribution >= 0.6 is 34.3 Å². The molecule has 0 radical (unpaired) electrons. The van der Waals surface area contributed by atoms with Gasteiger partial charge in [-0.3, -0.25) is 14.9 Å². The Bertz CT molecular complexity index is 1250. The van der Waals surface area contributed by atoms with E-state index < -0.39 is 27.9 Å². The Labute approximate surface area is 223 Å². The highest BCUT2D eigenvalue weighted by molar-refractivity contribution is 7.91. The molecule has 9 nitrogen and oxygen atoms in total. The molecule has 2 aliphatic rings. The highest BCUT2D eigenvalue weighted by Crippen LogP contribution is 2.38. The molecule has 0 unspecified atom stereocenters. The van der Waals surface area contributed by atoms with Crippen LogP contribution in [0.1, 0.15) is 59.8 Å². The predicted octanol–water partition coefficient (Wildman–Crippen LogP) is 4.66. The minimum absolute atomic E-state index is 0.137. The van der Waals surface area contributed by atoms with Crippen molar-refractivity contribution in [1.29, 1.82) is 0 Å². The van der Waals surface area contributed by atoms with Gasteiger partial charge in [-0.1, -0.05) is 18.0 Å². The van der Waals surface area contributed by atoms with Crippen LogP contribution < -0.4 is 10.6 Å². The molecule has 3 heterocycles. The van der Waals surface area contributed by atoms with Gasteiger partial charge in [0.15, 0.2) is 0 Å². The molecule has 3 amide bonds. The second-order valence-corrected chi connectivity index (χ2v) is 13.7. The van der Waals surface area contributed by atoms with Crippen LogP contribution in [0.5, 0.6) is 0 Å². The number of nitrogens with zero attached hydrogens (tertiary/aromatic N) is 1. The zero-order valence-corrected chi connectivity index (χ0v) is 23.0. The van der Waals surface area contributed by atoms with Crippen molar-refractivity contribution < 1.29 is 27.5 Å². The summed E-state index contributed by atoms with van der Waals surface area (Å²) in [6.07, 6.45) is 4.41. The van der Waals surface area contributed by atoms with E-state index in [9.17, 15) is 22.8 Å². The van der Waals surface area contributed by atoms with Crippen LogP contribution in [-0.4, -0.2) is 50.3 Å². The number of carbonyl (C=O) groups is 3. The molecule has 0 saturated carbocycles. The summed E-state index contributed by atoms with van der Waals surface area (Å²) in [6, 6.07) is 3.04. The van der Waals surface area contributed by atoms with Gasteiger partial charge >= 0.3 is 6.09 Å². The number of imide groups is 1. The summed E-state index contributed by atoms with van der Waals surface area (Å²) >= 11 is 8.29. The lowest BCUT2D eigenvalue weighted by Crippen LogP contribution is -2.41. The molecule has 4 rings (SSSR count). The number of fused-ring (bicyclic) bond motifs is 1. The van der Waals surface area contributed by atoms with Crippen LogP contribution in [0.2, 0.25) is 4.34 Å². The van der Waals surface area contributed by atoms with Crippen LogP contribution in [0.25, 0.3) is 0 Å². The quantitative estimate of drug-likeness (QED) is 0.485. The van der Waals surface area contributed by atoms with Gasteiger partial charge in [0.2, 0.25) is 5.91 Å². The molecule has 1 aliphatic carbocycles. The number of halogens is 1. The summed E-state index contributed by atoms with van der Waals surface area (Å²) in [7, 11) is -3.65. The minimum atomic E-state index is -3.65. The van der Waals surface area contributed by atoms with E-state index in [1.807, 2.05) is 0 Å². The Balaban J connectivity index is 1.47. The molecule has 13 heteroatoms. The van der Waals surface area contributed by atoms with Crippen molar-refractivity contribution in [2.75, 3.05) is 25.0 Å². The van der Waals surface area contributed by atoms with Crippen LogP contribution in [0.4, 0.5) is 9.80 Å². The predicted molar refractivity (Wildman–Crippen MR) is 140 cm³/mol. The molecule has 0 bridgehead atoms. The Morgan fingerprint density at radius 1 is 1.11 bits per heavy atom. The normalized spacial score (nSPS) is 17.2. The zero-order valence-electron chi connectivity index (χ0n) is 19.8. The lowest BCUT2D eigenvalue weighted by Gasteiger charge is -2.30. The molecule has 2 aromatic rings. The lowest BCUT2D eigenvalue weighted by atomic mass is 9.97. The average Bonchev–Trinajstić information content (AvgIpc) is 3.35. The molecule has 2 N–H and O–H groups in total. The third-order valence-corrected chi connectivity index (χ3v) is 11.1. The first-order valence-corrected chi connectivity index (χ1v) is 15.3. The van der Waals surface area contributed by atoms with Crippen LogP contribution in [0, 0.1) is 5.92 Å². The fourth-order valence-corrected chi connectivity index (χ4v) is 8.93. The molecule has 1 aliphatic heterocycles. The van der Waals surface area contributed by atoms with E-state index in [0.29, 0.717) is 34.2 Å². The van der Waals surface area contributed by atoms with Crippen molar-refractivity contribution in [2.24, 2.45) is 5.92 Å².